The number of nitrogens with zero attached hydrogens (tertiary/aromatic N) is 2. The number of rotatable bonds is 3. The maximum Gasteiger partial charge on any atom is 0.254 e. The zero-order valence-electron chi connectivity index (χ0n) is 12.3. The van der Waals surface area contributed by atoms with Gasteiger partial charge in [0.15, 0.2) is 0 Å². The summed E-state index contributed by atoms with van der Waals surface area (Å²) in [7, 11) is 0. The van der Waals surface area contributed by atoms with E-state index in [9.17, 15) is 9.59 Å². The van der Waals surface area contributed by atoms with Gasteiger partial charge in [-0.25, -0.2) is 0 Å². The lowest BCUT2D eigenvalue weighted by Gasteiger charge is -2.29. The molecule has 1 aliphatic heterocycles. The molecule has 1 aromatic carbocycles. The Morgan fingerprint density at radius 1 is 1.09 bits per heavy atom. The Hall–Kier alpha value is -2.62. The Morgan fingerprint density at radius 2 is 1.86 bits per heavy atom. The van der Waals surface area contributed by atoms with Gasteiger partial charge in [-0.3, -0.25) is 9.59 Å². The van der Waals surface area contributed by atoms with Crippen LogP contribution in [0.4, 0.5) is 0 Å². The van der Waals surface area contributed by atoms with Crippen LogP contribution in [0.5, 0.6) is 0 Å². The van der Waals surface area contributed by atoms with Gasteiger partial charge in [0.05, 0.1) is 0 Å². The van der Waals surface area contributed by atoms with Crippen molar-refractivity contribution in [3.8, 4) is 0 Å². The van der Waals surface area contributed by atoms with Gasteiger partial charge in [-0.15, -0.1) is 0 Å². The van der Waals surface area contributed by atoms with Gasteiger partial charge in [0.25, 0.3) is 11.5 Å². The molecule has 4 heteroatoms. The molecular weight excluding hydrogens is 276 g/mol. The van der Waals surface area contributed by atoms with E-state index in [4.69, 9.17) is 0 Å². The summed E-state index contributed by atoms with van der Waals surface area (Å²) in [6, 6.07) is 14.4. The van der Waals surface area contributed by atoms with Crippen molar-refractivity contribution in [2.45, 2.75) is 6.54 Å². The predicted molar refractivity (Wildman–Crippen MR) is 85.7 cm³/mol. The van der Waals surface area contributed by atoms with Crippen molar-refractivity contribution in [1.82, 2.24) is 9.47 Å². The summed E-state index contributed by atoms with van der Waals surface area (Å²) in [4.78, 5) is 26.1. The molecule has 0 bridgehead atoms. The van der Waals surface area contributed by atoms with Gasteiger partial charge in [0.2, 0.25) is 0 Å². The van der Waals surface area contributed by atoms with Crippen molar-refractivity contribution in [2.24, 2.45) is 5.92 Å². The SMILES string of the molecule is O=C(c1ccccc1)N1CC=CC(Cn2ccccc2=O)C1. The molecule has 0 radical (unpaired) electrons. The monoisotopic (exact) mass is 294 g/mol. The number of hydrogen-bond donors (Lipinski definition) is 0. The van der Waals surface area contributed by atoms with E-state index in [0.29, 0.717) is 25.2 Å². The number of amides is 1. The summed E-state index contributed by atoms with van der Waals surface area (Å²) in [5.41, 5.74) is 0.691. The number of carbonyl (C=O) groups excluding carboxylic acids is 1. The fraction of sp³-hybridized carbons (Fsp3) is 0.222. The number of carbonyl (C=O) groups is 1. The van der Waals surface area contributed by atoms with E-state index >= 15 is 0 Å². The molecule has 112 valence electrons. The summed E-state index contributed by atoms with van der Waals surface area (Å²) < 4.78 is 1.69. The fourth-order valence-electron chi connectivity index (χ4n) is 2.71. The summed E-state index contributed by atoms with van der Waals surface area (Å²) in [6.45, 7) is 1.84. The van der Waals surface area contributed by atoms with E-state index in [1.165, 1.54) is 0 Å². The van der Waals surface area contributed by atoms with Crippen LogP contribution in [0, 0.1) is 5.92 Å². The van der Waals surface area contributed by atoms with Crippen LogP contribution < -0.4 is 5.56 Å². The first-order chi connectivity index (χ1) is 10.7. The molecule has 0 N–H and O–H groups in total. The maximum absolute atomic E-state index is 12.5. The second kappa shape index (κ2) is 6.43. The summed E-state index contributed by atoms with van der Waals surface area (Å²) >= 11 is 0. The van der Waals surface area contributed by atoms with Crippen LogP contribution in [0.15, 0.2) is 71.7 Å². The predicted octanol–water partition coefficient (Wildman–Crippen LogP) is 2.18. The molecule has 1 amide bonds. The number of aromatic nitrogens is 1. The third-order valence-corrected chi connectivity index (χ3v) is 3.83. The molecular formula is C18H18N2O2. The minimum absolute atomic E-state index is 0.0117. The smallest absolute Gasteiger partial charge is 0.254 e. The molecule has 4 nitrogen and oxygen atoms in total. The lowest BCUT2D eigenvalue weighted by Crippen LogP contribution is -2.39. The van der Waals surface area contributed by atoms with Crippen LogP contribution in [0.2, 0.25) is 0 Å². The largest absolute Gasteiger partial charge is 0.334 e. The van der Waals surface area contributed by atoms with E-state index in [1.807, 2.05) is 47.4 Å². The van der Waals surface area contributed by atoms with E-state index in [-0.39, 0.29) is 17.4 Å². The summed E-state index contributed by atoms with van der Waals surface area (Å²) in [5.74, 6) is 0.192. The molecule has 1 atom stereocenters. The Morgan fingerprint density at radius 3 is 2.64 bits per heavy atom. The molecule has 0 fully saturated rings. The van der Waals surface area contributed by atoms with Crippen LogP contribution >= 0.6 is 0 Å². The normalized spacial score (nSPS) is 17.5. The van der Waals surface area contributed by atoms with E-state index in [0.717, 1.165) is 0 Å². The molecule has 2 heterocycles. The number of benzene rings is 1. The minimum Gasteiger partial charge on any atom is -0.334 e. The van der Waals surface area contributed by atoms with E-state index in [1.54, 1.807) is 22.9 Å². The van der Waals surface area contributed by atoms with Crippen LogP contribution in [-0.4, -0.2) is 28.5 Å². The molecule has 0 aliphatic carbocycles. The van der Waals surface area contributed by atoms with Gasteiger partial charge in [-0.2, -0.15) is 0 Å². The maximum atomic E-state index is 12.5. The van der Waals surface area contributed by atoms with Crippen LogP contribution in [0.1, 0.15) is 10.4 Å². The minimum atomic E-state index is -0.0117. The highest BCUT2D eigenvalue weighted by Crippen LogP contribution is 2.14. The van der Waals surface area contributed by atoms with Gasteiger partial charge in [0.1, 0.15) is 0 Å². The van der Waals surface area contributed by atoms with Gasteiger partial charge in [0, 0.05) is 43.4 Å². The quantitative estimate of drug-likeness (QED) is 0.814. The van der Waals surface area contributed by atoms with Crippen molar-refractivity contribution < 1.29 is 4.79 Å². The van der Waals surface area contributed by atoms with Gasteiger partial charge >= 0.3 is 0 Å². The lowest BCUT2D eigenvalue weighted by molar-refractivity contribution is 0.0745. The van der Waals surface area contributed by atoms with E-state index in [2.05, 4.69) is 6.08 Å². The summed E-state index contributed by atoms with van der Waals surface area (Å²) in [5, 5.41) is 0. The Kier molecular flexibility index (Phi) is 4.19. The first-order valence-corrected chi connectivity index (χ1v) is 7.40. The van der Waals surface area contributed by atoms with Crippen LogP contribution in [0.3, 0.4) is 0 Å². The molecule has 3 rings (SSSR count). The van der Waals surface area contributed by atoms with Crippen molar-refractivity contribution in [1.29, 1.82) is 0 Å². The molecule has 1 aliphatic rings. The average molecular weight is 294 g/mol. The van der Waals surface area contributed by atoms with Crippen molar-refractivity contribution in [2.75, 3.05) is 13.1 Å². The standard InChI is InChI=1S/C18H18N2O2/c21-17-10-4-5-11-19(17)13-15-7-6-12-20(14-15)18(22)16-8-2-1-3-9-16/h1-11,15H,12-14H2. The molecule has 22 heavy (non-hydrogen) atoms. The lowest BCUT2D eigenvalue weighted by atomic mass is 10.0. The highest BCUT2D eigenvalue weighted by Gasteiger charge is 2.21. The van der Waals surface area contributed by atoms with Crippen molar-refractivity contribution in [3.05, 3.63) is 82.8 Å². The molecule has 2 aromatic rings. The third-order valence-electron chi connectivity index (χ3n) is 3.83. The Labute approximate surface area is 129 Å². The van der Waals surface area contributed by atoms with Crippen LogP contribution in [-0.2, 0) is 6.54 Å². The fourth-order valence-corrected chi connectivity index (χ4v) is 2.71. The topological polar surface area (TPSA) is 42.3 Å². The number of pyridine rings is 1. The Balaban J connectivity index is 1.71. The van der Waals surface area contributed by atoms with Gasteiger partial charge in [-0.1, -0.05) is 36.4 Å². The second-order valence-corrected chi connectivity index (χ2v) is 5.46. The zero-order chi connectivity index (χ0) is 15.4. The molecule has 0 spiro atoms. The Bertz CT molecular complexity index is 734. The molecule has 0 saturated heterocycles. The first kappa shape index (κ1) is 14.3. The third kappa shape index (κ3) is 3.17. The zero-order valence-corrected chi connectivity index (χ0v) is 12.3. The van der Waals surface area contributed by atoms with Crippen molar-refractivity contribution in [3.63, 3.8) is 0 Å². The molecule has 1 unspecified atom stereocenters. The highest BCUT2D eigenvalue weighted by molar-refractivity contribution is 5.94. The average Bonchev–Trinajstić information content (AvgIpc) is 2.57. The van der Waals surface area contributed by atoms with E-state index < -0.39 is 0 Å². The van der Waals surface area contributed by atoms with Crippen molar-refractivity contribution >= 4 is 5.91 Å². The highest BCUT2D eigenvalue weighted by atomic mass is 16.2. The number of hydrogen-bond acceptors (Lipinski definition) is 2. The van der Waals surface area contributed by atoms with Gasteiger partial charge < -0.3 is 9.47 Å². The van der Waals surface area contributed by atoms with Crippen LogP contribution in [0.25, 0.3) is 0 Å². The molecule has 0 saturated carbocycles. The van der Waals surface area contributed by atoms with Gasteiger partial charge in [-0.05, 0) is 18.2 Å². The summed E-state index contributed by atoms with van der Waals surface area (Å²) in [6.07, 6.45) is 5.88. The second-order valence-electron chi connectivity index (χ2n) is 5.46. The molecule has 1 aromatic heterocycles. The first-order valence-electron chi connectivity index (χ1n) is 7.40.